The number of pyridine rings is 1. The van der Waals surface area contributed by atoms with Crippen LogP contribution in [0.3, 0.4) is 0 Å². The molecular formula is C31H29F3N2O5S. The van der Waals surface area contributed by atoms with Crippen molar-refractivity contribution in [2.45, 2.75) is 55.8 Å². The van der Waals surface area contributed by atoms with E-state index in [1.807, 2.05) is 38.1 Å². The number of ether oxygens (including phenoxy) is 2. The molecule has 220 valence electrons. The van der Waals surface area contributed by atoms with E-state index in [1.165, 1.54) is 37.4 Å². The molecule has 0 saturated heterocycles. The maximum absolute atomic E-state index is 13.9. The molecule has 0 radical (unpaired) electrons. The van der Waals surface area contributed by atoms with E-state index in [2.05, 4.69) is 9.46 Å². The molecule has 42 heavy (non-hydrogen) atoms. The first-order chi connectivity index (χ1) is 19.9. The van der Waals surface area contributed by atoms with E-state index < -0.39 is 34.1 Å². The van der Waals surface area contributed by atoms with Crippen molar-refractivity contribution in [1.82, 2.24) is 9.71 Å². The zero-order chi connectivity index (χ0) is 30.2. The third-order valence-electron chi connectivity index (χ3n) is 7.21. The summed E-state index contributed by atoms with van der Waals surface area (Å²) in [5, 5.41) is 1.84. The molecule has 1 aliphatic carbocycles. The van der Waals surface area contributed by atoms with Gasteiger partial charge in [-0.3, -0.25) is 4.98 Å². The first kappa shape index (κ1) is 29.5. The number of rotatable bonds is 9. The van der Waals surface area contributed by atoms with Gasteiger partial charge in [0.2, 0.25) is 10.0 Å². The maximum Gasteiger partial charge on any atom is 0.573 e. The van der Waals surface area contributed by atoms with Crippen LogP contribution in [-0.4, -0.2) is 32.8 Å². The average Bonchev–Trinajstić information content (AvgIpc) is 3.79. The molecule has 1 N–H and O–H groups in total. The van der Waals surface area contributed by atoms with Crippen molar-refractivity contribution < 1.29 is 35.9 Å². The van der Waals surface area contributed by atoms with E-state index in [4.69, 9.17) is 9.72 Å². The molecule has 0 bridgehead atoms. The molecule has 1 heterocycles. The van der Waals surface area contributed by atoms with Gasteiger partial charge in [-0.15, -0.1) is 13.2 Å². The summed E-state index contributed by atoms with van der Waals surface area (Å²) in [6.45, 7) is 3.67. The number of carbonyl (C=O) groups is 1. The zero-order valence-electron chi connectivity index (χ0n) is 23.1. The monoisotopic (exact) mass is 598 g/mol. The molecule has 1 aliphatic rings. The van der Waals surface area contributed by atoms with Crippen molar-refractivity contribution in [2.75, 3.05) is 7.11 Å². The fraction of sp³-hybridized carbons (Fsp3) is 0.290. The first-order valence-electron chi connectivity index (χ1n) is 13.4. The predicted octanol–water partition coefficient (Wildman–Crippen LogP) is 6.99. The van der Waals surface area contributed by atoms with Crippen LogP contribution < -0.4 is 9.46 Å². The van der Waals surface area contributed by atoms with Gasteiger partial charge >= 0.3 is 12.3 Å². The van der Waals surface area contributed by atoms with Gasteiger partial charge in [0, 0.05) is 11.6 Å². The topological polar surface area (TPSA) is 94.6 Å². The van der Waals surface area contributed by atoms with Crippen molar-refractivity contribution in [3.8, 4) is 5.75 Å². The Hall–Kier alpha value is -3.96. The second-order valence-electron chi connectivity index (χ2n) is 10.5. The van der Waals surface area contributed by atoms with Crippen LogP contribution in [0.2, 0.25) is 0 Å². The minimum atomic E-state index is -4.87. The van der Waals surface area contributed by atoms with Crippen LogP contribution in [0.4, 0.5) is 13.2 Å². The molecule has 7 nitrogen and oxygen atoms in total. The number of alkyl halides is 3. The summed E-state index contributed by atoms with van der Waals surface area (Å²) < 4.78 is 77.9. The lowest BCUT2D eigenvalue weighted by Crippen LogP contribution is -2.31. The predicted molar refractivity (Wildman–Crippen MR) is 151 cm³/mol. The normalized spacial score (nSPS) is 14.6. The van der Waals surface area contributed by atoms with Gasteiger partial charge in [-0.2, -0.15) is 4.72 Å². The molecular weight excluding hydrogens is 569 g/mol. The minimum absolute atomic E-state index is 0.0744. The number of nitrogens with one attached hydrogen (secondary N) is 1. The van der Waals surface area contributed by atoms with Crippen LogP contribution in [0, 0.1) is 0 Å². The molecule has 5 rings (SSSR count). The highest BCUT2D eigenvalue weighted by atomic mass is 32.2. The van der Waals surface area contributed by atoms with Crippen molar-refractivity contribution in [3.63, 3.8) is 0 Å². The van der Waals surface area contributed by atoms with Crippen molar-refractivity contribution in [1.29, 1.82) is 0 Å². The second-order valence-corrected chi connectivity index (χ2v) is 12.2. The number of carbonyl (C=O) groups excluding carboxylic acids is 1. The van der Waals surface area contributed by atoms with Crippen LogP contribution in [0.25, 0.3) is 10.8 Å². The Morgan fingerprint density at radius 3 is 2.33 bits per heavy atom. The van der Waals surface area contributed by atoms with E-state index in [0.717, 1.165) is 41.3 Å². The molecule has 0 aliphatic heterocycles. The van der Waals surface area contributed by atoms with Crippen LogP contribution >= 0.6 is 0 Å². The average molecular weight is 599 g/mol. The standard InChI is InChI=1S/C31H29F3N2O5S/c1-18(2)26-16-23(14-15-25(26)30(37)40-3)42(38,39)36-28(20-10-12-22(13-11-20)41-31(32,33)34)29-27(19-8-9-19)24-7-5-4-6-21(24)17-35-29/h4-7,10-19,28,36H,8-9H2,1-3H3. The van der Waals surface area contributed by atoms with Crippen LogP contribution in [0.5, 0.6) is 5.75 Å². The Kier molecular flexibility index (Phi) is 8.00. The molecule has 1 aromatic heterocycles. The van der Waals surface area contributed by atoms with Crippen LogP contribution in [0.15, 0.2) is 77.8 Å². The Morgan fingerprint density at radius 1 is 1.02 bits per heavy atom. The SMILES string of the molecule is COC(=O)c1ccc(S(=O)(=O)NC(c2ccc(OC(F)(F)F)cc2)c2ncc3ccccc3c2C2CC2)cc1C(C)C. The smallest absolute Gasteiger partial charge is 0.465 e. The molecule has 3 aromatic carbocycles. The summed E-state index contributed by atoms with van der Waals surface area (Å²) in [6, 6.07) is 15.9. The van der Waals surface area contributed by atoms with Crippen molar-refractivity contribution >= 4 is 26.8 Å². The zero-order valence-corrected chi connectivity index (χ0v) is 23.9. The van der Waals surface area contributed by atoms with Gasteiger partial charge < -0.3 is 9.47 Å². The molecule has 4 aromatic rings. The highest BCUT2D eigenvalue weighted by Crippen LogP contribution is 2.46. The number of hydrogen-bond donors (Lipinski definition) is 1. The summed E-state index contributed by atoms with van der Waals surface area (Å²) in [4.78, 5) is 16.9. The number of esters is 1. The quantitative estimate of drug-likeness (QED) is 0.209. The first-order valence-corrected chi connectivity index (χ1v) is 14.8. The lowest BCUT2D eigenvalue weighted by atomic mass is 9.94. The molecule has 11 heteroatoms. The van der Waals surface area contributed by atoms with Crippen LogP contribution in [0.1, 0.15) is 77.3 Å². The molecule has 0 spiro atoms. The van der Waals surface area contributed by atoms with Gasteiger partial charge in [0.25, 0.3) is 0 Å². The third-order valence-corrected chi connectivity index (χ3v) is 8.63. The summed E-state index contributed by atoms with van der Waals surface area (Å²) in [7, 11) is -2.98. The Morgan fingerprint density at radius 2 is 1.71 bits per heavy atom. The highest BCUT2D eigenvalue weighted by molar-refractivity contribution is 7.89. The lowest BCUT2D eigenvalue weighted by Gasteiger charge is -2.23. The van der Waals surface area contributed by atoms with Gasteiger partial charge in [-0.05, 0) is 77.1 Å². The number of sulfonamides is 1. The molecule has 1 fully saturated rings. The Labute approximate surface area is 241 Å². The fourth-order valence-electron chi connectivity index (χ4n) is 5.08. The minimum Gasteiger partial charge on any atom is -0.465 e. The summed E-state index contributed by atoms with van der Waals surface area (Å²) in [6.07, 6.45) is -1.38. The number of aromatic nitrogens is 1. The molecule has 0 amide bonds. The number of nitrogens with zero attached hydrogens (tertiary/aromatic N) is 1. The Bertz CT molecular complexity index is 1730. The molecule has 1 atom stereocenters. The van der Waals surface area contributed by atoms with Gasteiger partial charge in [-0.1, -0.05) is 50.2 Å². The Balaban J connectivity index is 1.63. The summed E-state index contributed by atoms with van der Waals surface area (Å²) in [5.74, 6) is -1.02. The van der Waals surface area contributed by atoms with E-state index in [9.17, 15) is 26.4 Å². The van der Waals surface area contributed by atoms with Gasteiger partial charge in [0.15, 0.2) is 0 Å². The van der Waals surface area contributed by atoms with E-state index in [1.54, 1.807) is 6.20 Å². The number of fused-ring (bicyclic) bond motifs is 1. The summed E-state index contributed by atoms with van der Waals surface area (Å²) >= 11 is 0. The van der Waals surface area contributed by atoms with Crippen molar-refractivity contribution in [3.05, 3.63) is 101 Å². The fourth-order valence-corrected chi connectivity index (χ4v) is 6.30. The third kappa shape index (κ3) is 6.27. The number of hydrogen-bond acceptors (Lipinski definition) is 6. The maximum atomic E-state index is 13.9. The lowest BCUT2D eigenvalue weighted by molar-refractivity contribution is -0.274. The second kappa shape index (κ2) is 11.4. The number of benzene rings is 3. The highest BCUT2D eigenvalue weighted by Gasteiger charge is 2.35. The molecule has 1 saturated carbocycles. The van der Waals surface area contributed by atoms with Crippen molar-refractivity contribution in [2.24, 2.45) is 0 Å². The van der Waals surface area contributed by atoms with Gasteiger partial charge in [0.05, 0.1) is 29.3 Å². The summed E-state index contributed by atoms with van der Waals surface area (Å²) in [5.41, 5.74) is 2.51. The van der Waals surface area contributed by atoms with E-state index in [0.29, 0.717) is 16.8 Å². The molecule has 1 unspecified atom stereocenters. The van der Waals surface area contributed by atoms with E-state index in [-0.39, 0.29) is 22.3 Å². The van der Waals surface area contributed by atoms with Gasteiger partial charge in [0.1, 0.15) is 5.75 Å². The van der Waals surface area contributed by atoms with Crippen LogP contribution in [-0.2, 0) is 14.8 Å². The number of methoxy groups -OCH3 is 1. The number of halogens is 3. The van der Waals surface area contributed by atoms with E-state index >= 15 is 0 Å². The largest absolute Gasteiger partial charge is 0.573 e. The van der Waals surface area contributed by atoms with Gasteiger partial charge in [-0.25, -0.2) is 13.2 Å².